The van der Waals surface area contributed by atoms with E-state index in [1.54, 1.807) is 32.0 Å². The third-order valence-electron chi connectivity index (χ3n) is 2.68. The molecule has 4 nitrogen and oxygen atoms in total. The second kappa shape index (κ2) is 7.09. The lowest BCUT2D eigenvalue weighted by Gasteiger charge is -2.22. The van der Waals surface area contributed by atoms with Crippen molar-refractivity contribution in [1.29, 1.82) is 0 Å². The molecule has 1 aromatic rings. The lowest BCUT2D eigenvalue weighted by atomic mass is 9.98. The number of carbonyl (C=O) groups is 1. The Kier molecular flexibility index (Phi) is 5.76. The van der Waals surface area contributed by atoms with Gasteiger partial charge in [-0.25, -0.2) is 4.39 Å². The summed E-state index contributed by atoms with van der Waals surface area (Å²) >= 11 is 0. The fourth-order valence-electron chi connectivity index (χ4n) is 1.58. The number of halogens is 1. The Bertz CT molecular complexity index is 421. The first-order chi connectivity index (χ1) is 8.97. The molecule has 0 heterocycles. The van der Waals surface area contributed by atoms with Gasteiger partial charge in [-0.15, -0.1) is 0 Å². The molecule has 1 unspecified atom stereocenters. The number of nitrogens with two attached hydrogens (primary N) is 1. The maximum atomic E-state index is 13.3. The summed E-state index contributed by atoms with van der Waals surface area (Å²) in [6.07, 6.45) is 0.959. The minimum Gasteiger partial charge on any atom is -0.491 e. The van der Waals surface area contributed by atoms with Crippen molar-refractivity contribution in [3.8, 4) is 5.75 Å². The molecular weight excluding hydrogens is 249 g/mol. The second-order valence-corrected chi connectivity index (χ2v) is 4.52. The van der Waals surface area contributed by atoms with E-state index in [0.717, 1.165) is 0 Å². The van der Waals surface area contributed by atoms with Gasteiger partial charge in [-0.05, 0) is 38.8 Å². The summed E-state index contributed by atoms with van der Waals surface area (Å²) < 4.78 is 23.4. The second-order valence-electron chi connectivity index (χ2n) is 4.52. The Labute approximate surface area is 112 Å². The molecule has 19 heavy (non-hydrogen) atoms. The van der Waals surface area contributed by atoms with E-state index in [1.165, 1.54) is 6.07 Å². The van der Waals surface area contributed by atoms with Crippen molar-refractivity contribution in [2.45, 2.75) is 32.2 Å². The quantitative estimate of drug-likeness (QED) is 0.609. The van der Waals surface area contributed by atoms with Crippen LogP contribution < -0.4 is 10.5 Å². The van der Waals surface area contributed by atoms with Crippen LogP contribution in [0, 0.1) is 5.82 Å². The summed E-state index contributed by atoms with van der Waals surface area (Å²) in [5.41, 5.74) is 4.82. The van der Waals surface area contributed by atoms with E-state index >= 15 is 0 Å². The summed E-state index contributed by atoms with van der Waals surface area (Å²) in [4.78, 5) is 11.5. The van der Waals surface area contributed by atoms with E-state index < -0.39 is 17.3 Å². The molecule has 0 aliphatic carbocycles. The molecule has 1 aromatic carbocycles. The maximum absolute atomic E-state index is 13.3. The van der Waals surface area contributed by atoms with Crippen LogP contribution in [0.1, 0.15) is 26.7 Å². The van der Waals surface area contributed by atoms with Crippen LogP contribution in [0.4, 0.5) is 4.39 Å². The van der Waals surface area contributed by atoms with Crippen LogP contribution >= 0.6 is 0 Å². The van der Waals surface area contributed by atoms with Crippen molar-refractivity contribution in [2.24, 2.45) is 5.73 Å². The van der Waals surface area contributed by atoms with Gasteiger partial charge < -0.3 is 15.2 Å². The molecule has 0 spiro atoms. The van der Waals surface area contributed by atoms with Crippen LogP contribution in [-0.4, -0.2) is 24.7 Å². The molecule has 0 bridgehead atoms. The molecule has 106 valence electrons. The molecule has 1 rings (SSSR count). The number of hydrogen-bond donors (Lipinski definition) is 1. The molecule has 0 amide bonds. The van der Waals surface area contributed by atoms with Gasteiger partial charge in [-0.3, -0.25) is 4.79 Å². The normalized spacial score (nSPS) is 13.7. The summed E-state index contributed by atoms with van der Waals surface area (Å²) in [5, 5.41) is 0. The molecule has 2 N–H and O–H groups in total. The highest BCUT2D eigenvalue weighted by atomic mass is 19.1. The molecule has 0 radical (unpaired) electrons. The summed E-state index contributed by atoms with van der Waals surface area (Å²) in [6.45, 7) is 3.95. The van der Waals surface area contributed by atoms with E-state index in [-0.39, 0.29) is 5.75 Å². The molecule has 0 saturated heterocycles. The maximum Gasteiger partial charge on any atom is 0.325 e. The van der Waals surface area contributed by atoms with Gasteiger partial charge in [0, 0.05) is 0 Å². The Morgan fingerprint density at radius 3 is 2.74 bits per heavy atom. The fraction of sp³-hybridized carbons (Fsp3) is 0.500. The van der Waals surface area contributed by atoms with Gasteiger partial charge in [0.05, 0.1) is 13.2 Å². The van der Waals surface area contributed by atoms with Crippen molar-refractivity contribution >= 4 is 5.97 Å². The van der Waals surface area contributed by atoms with Gasteiger partial charge in [0.25, 0.3) is 0 Å². The Hall–Kier alpha value is -1.62. The van der Waals surface area contributed by atoms with Gasteiger partial charge >= 0.3 is 5.97 Å². The first-order valence-corrected chi connectivity index (χ1v) is 6.31. The number of ether oxygens (including phenoxy) is 2. The summed E-state index contributed by atoms with van der Waals surface area (Å²) in [5.74, 6) is -0.623. The zero-order chi connectivity index (χ0) is 14.3. The van der Waals surface area contributed by atoms with Crippen molar-refractivity contribution in [3.63, 3.8) is 0 Å². The number of carbonyl (C=O) groups excluding carboxylic acids is 1. The summed E-state index contributed by atoms with van der Waals surface area (Å²) in [7, 11) is 0. The molecule has 5 heteroatoms. The Balaban J connectivity index is 2.35. The lowest BCUT2D eigenvalue weighted by molar-refractivity contribution is -0.149. The number of esters is 1. The van der Waals surface area contributed by atoms with Crippen LogP contribution in [0.5, 0.6) is 5.75 Å². The van der Waals surface area contributed by atoms with E-state index in [1.807, 2.05) is 0 Å². The molecule has 0 aliphatic rings. The number of para-hydroxylation sites is 1. The molecule has 0 saturated carbocycles. The highest BCUT2D eigenvalue weighted by Crippen LogP contribution is 2.17. The van der Waals surface area contributed by atoms with Crippen LogP contribution in [0.25, 0.3) is 0 Å². The van der Waals surface area contributed by atoms with E-state index in [2.05, 4.69) is 0 Å². The van der Waals surface area contributed by atoms with Crippen molar-refractivity contribution in [3.05, 3.63) is 30.1 Å². The standard InChI is InChI=1S/C14H20FNO3/c1-3-18-13(17)14(2,16)9-6-10-19-12-8-5-4-7-11(12)15/h4-5,7-8H,3,6,9-10,16H2,1-2H3. The summed E-state index contributed by atoms with van der Waals surface area (Å²) in [6, 6.07) is 6.19. The highest BCUT2D eigenvalue weighted by Gasteiger charge is 2.29. The molecule has 0 aliphatic heterocycles. The molecular formula is C14H20FNO3. The topological polar surface area (TPSA) is 61.5 Å². The van der Waals surface area contributed by atoms with Gasteiger partial charge in [0.1, 0.15) is 5.54 Å². The van der Waals surface area contributed by atoms with Crippen molar-refractivity contribution in [1.82, 2.24) is 0 Å². The van der Waals surface area contributed by atoms with Crippen LogP contribution in [0.3, 0.4) is 0 Å². The fourth-order valence-corrected chi connectivity index (χ4v) is 1.58. The number of hydrogen-bond acceptors (Lipinski definition) is 4. The van der Waals surface area contributed by atoms with E-state index in [0.29, 0.717) is 26.1 Å². The highest BCUT2D eigenvalue weighted by molar-refractivity contribution is 5.79. The largest absolute Gasteiger partial charge is 0.491 e. The molecule has 0 fully saturated rings. The Morgan fingerprint density at radius 2 is 2.11 bits per heavy atom. The Morgan fingerprint density at radius 1 is 1.42 bits per heavy atom. The number of benzene rings is 1. The molecule has 1 atom stereocenters. The first kappa shape index (κ1) is 15.4. The van der Waals surface area contributed by atoms with E-state index in [9.17, 15) is 9.18 Å². The minimum absolute atomic E-state index is 0.206. The monoisotopic (exact) mass is 269 g/mol. The predicted octanol–water partition coefficient (Wildman–Crippen LogP) is 2.27. The van der Waals surface area contributed by atoms with Crippen molar-refractivity contribution in [2.75, 3.05) is 13.2 Å². The van der Waals surface area contributed by atoms with Crippen LogP contribution in [-0.2, 0) is 9.53 Å². The first-order valence-electron chi connectivity index (χ1n) is 6.31. The predicted molar refractivity (Wildman–Crippen MR) is 70.4 cm³/mol. The van der Waals surface area contributed by atoms with Crippen molar-refractivity contribution < 1.29 is 18.7 Å². The third-order valence-corrected chi connectivity index (χ3v) is 2.68. The SMILES string of the molecule is CCOC(=O)C(C)(N)CCCOc1ccccc1F. The molecule has 0 aromatic heterocycles. The van der Waals surface area contributed by atoms with E-state index in [4.69, 9.17) is 15.2 Å². The van der Waals surface area contributed by atoms with Gasteiger partial charge in [-0.2, -0.15) is 0 Å². The number of rotatable bonds is 7. The average molecular weight is 269 g/mol. The average Bonchev–Trinajstić information content (AvgIpc) is 2.37. The van der Waals surface area contributed by atoms with Crippen LogP contribution in [0.2, 0.25) is 0 Å². The van der Waals surface area contributed by atoms with Gasteiger partial charge in [0.2, 0.25) is 0 Å². The van der Waals surface area contributed by atoms with Gasteiger partial charge in [-0.1, -0.05) is 12.1 Å². The zero-order valence-corrected chi connectivity index (χ0v) is 11.3. The minimum atomic E-state index is -1.03. The third kappa shape index (κ3) is 4.87. The lowest BCUT2D eigenvalue weighted by Crippen LogP contribution is -2.46. The zero-order valence-electron chi connectivity index (χ0n) is 11.3. The van der Waals surface area contributed by atoms with Gasteiger partial charge in [0.15, 0.2) is 11.6 Å². The smallest absolute Gasteiger partial charge is 0.325 e. The van der Waals surface area contributed by atoms with Crippen LogP contribution in [0.15, 0.2) is 24.3 Å².